The lowest BCUT2D eigenvalue weighted by Crippen LogP contribution is -2.40. The fraction of sp³-hybridized carbons (Fsp3) is 0.571. The Bertz CT molecular complexity index is 521. The van der Waals surface area contributed by atoms with E-state index in [1.165, 1.54) is 4.90 Å². The lowest BCUT2D eigenvalue weighted by molar-refractivity contribution is -0.145. The molecular weight excluding hydrogens is 297 g/mol. The minimum atomic E-state index is -4.20. The number of nitrogens with one attached hydrogen (secondary N) is 1. The van der Waals surface area contributed by atoms with Gasteiger partial charge in [0.05, 0.1) is 6.54 Å². The first-order valence-electron chi connectivity index (χ1n) is 7.11. The Morgan fingerprint density at radius 3 is 2.77 bits per heavy atom. The van der Waals surface area contributed by atoms with Crippen LogP contribution in [0.1, 0.15) is 12.0 Å². The fourth-order valence-electron chi connectivity index (χ4n) is 2.39. The molecule has 1 saturated heterocycles. The maximum atomic E-state index is 12.4. The third-order valence-electron chi connectivity index (χ3n) is 3.54. The highest BCUT2D eigenvalue weighted by atomic mass is 19.4. The molecule has 1 aliphatic heterocycles. The van der Waals surface area contributed by atoms with E-state index in [9.17, 15) is 18.0 Å². The topological polar surface area (TPSA) is 48.5 Å². The standard InChI is InChI=1S/C14H19F3N4O/c1-11-9-18-4-3-12(11)19-13(22)21-6-2-5-20(7-8-21)10-14(15,16)17/h3-4,9H,2,5-8,10H2,1H3,(H,18,19,22). The van der Waals surface area contributed by atoms with Crippen molar-refractivity contribution in [2.45, 2.75) is 19.5 Å². The van der Waals surface area contributed by atoms with E-state index >= 15 is 0 Å². The molecule has 22 heavy (non-hydrogen) atoms. The molecule has 2 amide bonds. The van der Waals surface area contributed by atoms with Gasteiger partial charge in [-0.3, -0.25) is 9.88 Å². The lowest BCUT2D eigenvalue weighted by Gasteiger charge is -2.23. The van der Waals surface area contributed by atoms with Crippen molar-refractivity contribution in [3.8, 4) is 0 Å². The zero-order chi connectivity index (χ0) is 16.2. The van der Waals surface area contributed by atoms with Crippen LogP contribution in [0.3, 0.4) is 0 Å². The molecular formula is C14H19F3N4O. The van der Waals surface area contributed by atoms with Gasteiger partial charge >= 0.3 is 12.2 Å². The second-order valence-corrected chi connectivity index (χ2v) is 5.35. The van der Waals surface area contributed by atoms with Crippen LogP contribution < -0.4 is 5.32 Å². The Morgan fingerprint density at radius 1 is 1.32 bits per heavy atom. The van der Waals surface area contributed by atoms with Gasteiger partial charge in [0.1, 0.15) is 0 Å². The summed E-state index contributed by atoms with van der Waals surface area (Å²) in [5.41, 5.74) is 1.50. The number of amides is 2. The first kappa shape index (κ1) is 16.5. The fourth-order valence-corrected chi connectivity index (χ4v) is 2.39. The smallest absolute Gasteiger partial charge is 0.323 e. The Kier molecular flexibility index (Phi) is 5.23. The summed E-state index contributed by atoms with van der Waals surface area (Å²) in [7, 11) is 0. The summed E-state index contributed by atoms with van der Waals surface area (Å²) >= 11 is 0. The van der Waals surface area contributed by atoms with Crippen LogP contribution in [0, 0.1) is 6.92 Å². The van der Waals surface area contributed by atoms with E-state index in [1.54, 1.807) is 23.4 Å². The molecule has 0 aliphatic carbocycles. The molecule has 0 saturated carbocycles. The summed E-state index contributed by atoms with van der Waals surface area (Å²) in [5.74, 6) is 0. The van der Waals surface area contributed by atoms with Crippen LogP contribution in [0.15, 0.2) is 18.5 Å². The number of rotatable bonds is 2. The summed E-state index contributed by atoms with van der Waals surface area (Å²) in [6.45, 7) is 2.21. The molecule has 0 spiro atoms. The lowest BCUT2D eigenvalue weighted by atomic mass is 10.2. The van der Waals surface area contributed by atoms with Gasteiger partial charge in [0.2, 0.25) is 0 Å². The molecule has 8 heteroatoms. The van der Waals surface area contributed by atoms with Gasteiger partial charge in [0, 0.05) is 44.3 Å². The largest absolute Gasteiger partial charge is 0.401 e. The van der Waals surface area contributed by atoms with Crippen molar-refractivity contribution in [3.63, 3.8) is 0 Å². The minimum Gasteiger partial charge on any atom is -0.323 e. The van der Waals surface area contributed by atoms with E-state index in [2.05, 4.69) is 10.3 Å². The van der Waals surface area contributed by atoms with E-state index in [0.717, 1.165) is 5.56 Å². The molecule has 1 fully saturated rings. The van der Waals surface area contributed by atoms with E-state index < -0.39 is 12.7 Å². The highest BCUT2D eigenvalue weighted by Gasteiger charge is 2.31. The number of carbonyl (C=O) groups is 1. The SMILES string of the molecule is Cc1cnccc1NC(=O)N1CCCN(CC(F)(F)F)CC1. The van der Waals surface area contributed by atoms with Gasteiger partial charge in [-0.25, -0.2) is 4.79 Å². The van der Waals surface area contributed by atoms with Gasteiger partial charge in [-0.05, 0) is 25.0 Å². The molecule has 0 unspecified atom stereocenters. The normalized spacial score (nSPS) is 17.2. The number of carbonyl (C=O) groups excluding carboxylic acids is 1. The molecule has 1 aromatic rings. The van der Waals surface area contributed by atoms with Crippen molar-refractivity contribution in [3.05, 3.63) is 24.0 Å². The van der Waals surface area contributed by atoms with Gasteiger partial charge in [-0.2, -0.15) is 13.2 Å². The van der Waals surface area contributed by atoms with Gasteiger partial charge in [0.15, 0.2) is 0 Å². The number of aromatic nitrogens is 1. The average Bonchev–Trinajstić information content (AvgIpc) is 2.65. The maximum Gasteiger partial charge on any atom is 0.401 e. The predicted octanol–water partition coefficient (Wildman–Crippen LogP) is 2.49. The third-order valence-corrected chi connectivity index (χ3v) is 3.54. The van der Waals surface area contributed by atoms with Gasteiger partial charge in [-0.1, -0.05) is 0 Å². The molecule has 2 rings (SSSR count). The monoisotopic (exact) mass is 316 g/mol. The average molecular weight is 316 g/mol. The van der Waals surface area contributed by atoms with Crippen LogP contribution in [0.2, 0.25) is 0 Å². The zero-order valence-corrected chi connectivity index (χ0v) is 12.4. The van der Waals surface area contributed by atoms with Crippen molar-refractivity contribution < 1.29 is 18.0 Å². The van der Waals surface area contributed by atoms with Crippen molar-refractivity contribution in [2.75, 3.05) is 38.0 Å². The van der Waals surface area contributed by atoms with Crippen molar-refractivity contribution in [1.82, 2.24) is 14.8 Å². The van der Waals surface area contributed by atoms with Crippen LogP contribution in [-0.2, 0) is 0 Å². The molecule has 0 radical (unpaired) electrons. The Balaban J connectivity index is 1.91. The summed E-state index contributed by atoms with van der Waals surface area (Å²) in [6.07, 6.45) is -0.455. The highest BCUT2D eigenvalue weighted by Crippen LogP contribution is 2.18. The number of hydrogen-bond donors (Lipinski definition) is 1. The molecule has 1 aliphatic rings. The van der Waals surface area contributed by atoms with Crippen molar-refractivity contribution >= 4 is 11.7 Å². The van der Waals surface area contributed by atoms with Gasteiger partial charge in [0.25, 0.3) is 0 Å². The van der Waals surface area contributed by atoms with E-state index in [4.69, 9.17) is 0 Å². The molecule has 1 aromatic heterocycles. The molecule has 0 bridgehead atoms. The first-order chi connectivity index (χ1) is 10.3. The van der Waals surface area contributed by atoms with Crippen LogP contribution in [0.5, 0.6) is 0 Å². The quantitative estimate of drug-likeness (QED) is 0.912. The second kappa shape index (κ2) is 6.95. The molecule has 1 N–H and O–H groups in total. The van der Waals surface area contributed by atoms with Crippen LogP contribution in [0.4, 0.5) is 23.7 Å². The molecule has 0 aromatic carbocycles. The van der Waals surface area contributed by atoms with Gasteiger partial charge < -0.3 is 10.2 Å². The number of anilines is 1. The van der Waals surface area contributed by atoms with E-state index in [-0.39, 0.29) is 19.1 Å². The summed E-state index contributed by atoms with van der Waals surface area (Å²) < 4.78 is 37.3. The predicted molar refractivity (Wildman–Crippen MR) is 76.7 cm³/mol. The molecule has 5 nitrogen and oxygen atoms in total. The second-order valence-electron chi connectivity index (χ2n) is 5.35. The van der Waals surface area contributed by atoms with Crippen molar-refractivity contribution in [2.24, 2.45) is 0 Å². The number of halogens is 3. The Morgan fingerprint density at radius 2 is 2.09 bits per heavy atom. The maximum absolute atomic E-state index is 12.4. The zero-order valence-electron chi connectivity index (χ0n) is 12.4. The number of pyridine rings is 1. The number of aryl methyl sites for hydroxylation is 1. The summed E-state index contributed by atoms with van der Waals surface area (Å²) in [4.78, 5) is 19.1. The molecule has 122 valence electrons. The minimum absolute atomic E-state index is 0.224. The molecule has 2 heterocycles. The number of nitrogens with zero attached hydrogens (tertiary/aromatic N) is 3. The highest BCUT2D eigenvalue weighted by molar-refractivity contribution is 5.90. The summed E-state index contributed by atoms with van der Waals surface area (Å²) in [6, 6.07) is 1.41. The van der Waals surface area contributed by atoms with Crippen molar-refractivity contribution in [1.29, 1.82) is 0 Å². The van der Waals surface area contributed by atoms with E-state index in [0.29, 0.717) is 25.2 Å². The Labute approximate surface area is 127 Å². The van der Waals surface area contributed by atoms with Gasteiger partial charge in [-0.15, -0.1) is 0 Å². The number of hydrogen-bond acceptors (Lipinski definition) is 3. The van der Waals surface area contributed by atoms with Crippen LogP contribution >= 0.6 is 0 Å². The van der Waals surface area contributed by atoms with Crippen LogP contribution in [-0.4, -0.2) is 59.7 Å². The number of alkyl halides is 3. The Hall–Kier alpha value is -1.83. The summed E-state index contributed by atoms with van der Waals surface area (Å²) in [5, 5.41) is 2.78. The molecule has 0 atom stereocenters. The third kappa shape index (κ3) is 4.87. The first-order valence-corrected chi connectivity index (χ1v) is 7.11. The number of urea groups is 1. The van der Waals surface area contributed by atoms with E-state index in [1.807, 2.05) is 6.92 Å². The van der Waals surface area contributed by atoms with Crippen LogP contribution in [0.25, 0.3) is 0 Å².